The van der Waals surface area contributed by atoms with Crippen molar-refractivity contribution < 1.29 is 19.4 Å². The molecule has 1 unspecified atom stereocenters. The Bertz CT molecular complexity index is 773. The van der Waals surface area contributed by atoms with E-state index in [2.05, 4.69) is 12.2 Å². The summed E-state index contributed by atoms with van der Waals surface area (Å²) in [5.74, 6) is 1.69. The number of phenols is 1. The summed E-state index contributed by atoms with van der Waals surface area (Å²) in [5.41, 5.74) is 1.98. The Hall–Kier alpha value is -2.69. The van der Waals surface area contributed by atoms with Crippen LogP contribution in [0.25, 0.3) is 0 Å². The molecule has 5 nitrogen and oxygen atoms in total. The molecule has 2 N–H and O–H groups in total. The van der Waals surface area contributed by atoms with Crippen LogP contribution in [-0.4, -0.2) is 25.2 Å². The number of amides is 1. The normalized spacial score (nSPS) is 11.7. The van der Waals surface area contributed by atoms with E-state index in [1.165, 1.54) is 25.7 Å². The average molecular weight is 414 g/mol. The van der Waals surface area contributed by atoms with Crippen molar-refractivity contribution in [2.75, 3.05) is 14.2 Å². The Morgan fingerprint density at radius 1 is 1.00 bits per heavy atom. The van der Waals surface area contributed by atoms with Crippen molar-refractivity contribution in [2.45, 2.75) is 64.3 Å². The van der Waals surface area contributed by atoms with Crippen LogP contribution in [0.1, 0.15) is 68.9 Å². The fraction of sp³-hybridized carbons (Fsp3) is 0.480. The Morgan fingerprint density at radius 2 is 1.73 bits per heavy atom. The molecule has 0 saturated carbocycles. The third kappa shape index (κ3) is 7.29. The second-order valence-electron chi connectivity index (χ2n) is 7.62. The van der Waals surface area contributed by atoms with Gasteiger partial charge in [0.15, 0.2) is 11.5 Å². The van der Waals surface area contributed by atoms with E-state index in [1.54, 1.807) is 26.4 Å². The van der Waals surface area contributed by atoms with Crippen LogP contribution < -0.4 is 14.8 Å². The van der Waals surface area contributed by atoms with Crippen LogP contribution in [0, 0.1) is 0 Å². The highest BCUT2D eigenvalue weighted by atomic mass is 16.5. The number of para-hydroxylation sites is 1. The zero-order valence-electron chi connectivity index (χ0n) is 18.4. The third-order valence-corrected chi connectivity index (χ3v) is 5.41. The van der Waals surface area contributed by atoms with E-state index in [0.717, 1.165) is 24.0 Å². The number of carbonyl (C=O) groups excluding carboxylic acids is 1. The van der Waals surface area contributed by atoms with Crippen molar-refractivity contribution in [3.8, 4) is 17.2 Å². The standard InChI is InChI=1S/C25H35NO4/c1-4-5-6-7-8-10-20(19-13-15-22(27)16-14-19)17-24(28)26-18-21-11-9-12-23(29-2)25(21)30-3/h9,11-16,20,27H,4-8,10,17-18H2,1-3H3,(H,26,28). The zero-order chi connectivity index (χ0) is 21.8. The van der Waals surface area contributed by atoms with Crippen LogP contribution in [-0.2, 0) is 11.3 Å². The summed E-state index contributed by atoms with van der Waals surface area (Å²) in [6, 6.07) is 12.9. The maximum atomic E-state index is 12.7. The summed E-state index contributed by atoms with van der Waals surface area (Å²) < 4.78 is 10.8. The van der Waals surface area contributed by atoms with Gasteiger partial charge in [0, 0.05) is 18.5 Å². The van der Waals surface area contributed by atoms with Gasteiger partial charge in [0.2, 0.25) is 5.91 Å². The van der Waals surface area contributed by atoms with Gasteiger partial charge in [-0.25, -0.2) is 0 Å². The van der Waals surface area contributed by atoms with Gasteiger partial charge >= 0.3 is 0 Å². The third-order valence-electron chi connectivity index (χ3n) is 5.41. The molecule has 0 aromatic heterocycles. The molecule has 0 saturated heterocycles. The predicted octanol–water partition coefficient (Wildman–Crippen LogP) is 5.56. The summed E-state index contributed by atoms with van der Waals surface area (Å²) in [6.45, 7) is 2.60. The van der Waals surface area contributed by atoms with Crippen molar-refractivity contribution >= 4 is 5.91 Å². The number of methoxy groups -OCH3 is 2. The van der Waals surface area contributed by atoms with Gasteiger partial charge in [0.05, 0.1) is 14.2 Å². The summed E-state index contributed by atoms with van der Waals surface area (Å²) in [4.78, 5) is 12.7. The fourth-order valence-corrected chi connectivity index (χ4v) is 3.71. The fourth-order valence-electron chi connectivity index (χ4n) is 3.71. The van der Waals surface area contributed by atoms with E-state index in [1.807, 2.05) is 30.3 Å². The van der Waals surface area contributed by atoms with Gasteiger partial charge in [-0.2, -0.15) is 0 Å². The number of aromatic hydroxyl groups is 1. The minimum atomic E-state index is 0.00602. The second-order valence-corrected chi connectivity index (χ2v) is 7.62. The van der Waals surface area contributed by atoms with Crippen LogP contribution in [0.2, 0.25) is 0 Å². The Kier molecular flexibility index (Phi) is 10.1. The summed E-state index contributed by atoms with van der Waals surface area (Å²) in [6.07, 6.45) is 7.38. The minimum absolute atomic E-state index is 0.00602. The van der Waals surface area contributed by atoms with E-state index < -0.39 is 0 Å². The van der Waals surface area contributed by atoms with Crippen molar-refractivity contribution in [1.29, 1.82) is 0 Å². The van der Waals surface area contributed by atoms with Crippen molar-refractivity contribution in [3.05, 3.63) is 53.6 Å². The number of rotatable bonds is 13. The molecule has 164 valence electrons. The number of ether oxygens (including phenoxy) is 2. The SMILES string of the molecule is CCCCCCCC(CC(=O)NCc1cccc(OC)c1OC)c1ccc(O)cc1. The zero-order valence-corrected chi connectivity index (χ0v) is 18.4. The van der Waals surface area contributed by atoms with E-state index in [9.17, 15) is 9.90 Å². The van der Waals surface area contributed by atoms with Crippen LogP contribution in [0.3, 0.4) is 0 Å². The van der Waals surface area contributed by atoms with Crippen LogP contribution in [0.5, 0.6) is 17.2 Å². The molecule has 0 aliphatic heterocycles. The smallest absolute Gasteiger partial charge is 0.220 e. The van der Waals surface area contributed by atoms with Crippen LogP contribution in [0.4, 0.5) is 0 Å². The lowest BCUT2D eigenvalue weighted by Crippen LogP contribution is -2.25. The molecule has 5 heteroatoms. The van der Waals surface area contributed by atoms with Crippen molar-refractivity contribution in [3.63, 3.8) is 0 Å². The molecular formula is C25H35NO4. The molecule has 0 heterocycles. The highest BCUT2D eigenvalue weighted by Gasteiger charge is 2.17. The first-order valence-electron chi connectivity index (χ1n) is 10.8. The van der Waals surface area contributed by atoms with Gasteiger partial charge in [0.25, 0.3) is 0 Å². The lowest BCUT2D eigenvalue weighted by atomic mass is 9.89. The first kappa shape index (κ1) is 23.6. The van der Waals surface area contributed by atoms with Crippen molar-refractivity contribution in [1.82, 2.24) is 5.32 Å². The monoisotopic (exact) mass is 413 g/mol. The quantitative estimate of drug-likeness (QED) is 0.422. The van der Waals surface area contributed by atoms with Crippen LogP contribution in [0.15, 0.2) is 42.5 Å². The molecule has 0 radical (unpaired) electrons. The van der Waals surface area contributed by atoms with Gasteiger partial charge in [-0.05, 0) is 36.1 Å². The molecule has 30 heavy (non-hydrogen) atoms. The molecule has 0 bridgehead atoms. The molecule has 1 atom stereocenters. The highest BCUT2D eigenvalue weighted by molar-refractivity contribution is 5.77. The molecule has 0 fully saturated rings. The molecule has 2 aromatic carbocycles. The number of phenolic OH excluding ortho intramolecular Hbond substituents is 1. The van der Waals surface area contributed by atoms with E-state index in [0.29, 0.717) is 24.5 Å². The molecule has 0 spiro atoms. The van der Waals surface area contributed by atoms with E-state index in [-0.39, 0.29) is 17.6 Å². The summed E-state index contributed by atoms with van der Waals surface area (Å²) in [5, 5.41) is 12.6. The maximum absolute atomic E-state index is 12.7. The predicted molar refractivity (Wildman–Crippen MR) is 120 cm³/mol. The van der Waals surface area contributed by atoms with Gasteiger partial charge in [0.1, 0.15) is 5.75 Å². The summed E-state index contributed by atoms with van der Waals surface area (Å²) in [7, 11) is 3.20. The average Bonchev–Trinajstić information content (AvgIpc) is 2.76. The Labute approximate surface area is 180 Å². The van der Waals surface area contributed by atoms with Gasteiger partial charge < -0.3 is 19.9 Å². The number of nitrogens with one attached hydrogen (secondary N) is 1. The molecule has 2 aromatic rings. The molecule has 2 rings (SSSR count). The van der Waals surface area contributed by atoms with Crippen molar-refractivity contribution in [2.24, 2.45) is 0 Å². The number of unbranched alkanes of at least 4 members (excludes halogenated alkanes) is 4. The lowest BCUT2D eigenvalue weighted by molar-refractivity contribution is -0.121. The number of hydrogen-bond acceptors (Lipinski definition) is 4. The molecule has 1 amide bonds. The molecular weight excluding hydrogens is 378 g/mol. The van der Waals surface area contributed by atoms with Crippen LogP contribution >= 0.6 is 0 Å². The molecule has 0 aliphatic rings. The van der Waals surface area contributed by atoms with Gasteiger partial charge in [-0.3, -0.25) is 4.79 Å². The Balaban J connectivity index is 1.98. The second kappa shape index (κ2) is 12.8. The minimum Gasteiger partial charge on any atom is -0.508 e. The number of benzene rings is 2. The van der Waals surface area contributed by atoms with E-state index >= 15 is 0 Å². The van der Waals surface area contributed by atoms with Gasteiger partial charge in [-0.1, -0.05) is 63.3 Å². The first-order chi connectivity index (χ1) is 14.6. The molecule has 0 aliphatic carbocycles. The summed E-state index contributed by atoms with van der Waals surface area (Å²) >= 11 is 0. The first-order valence-corrected chi connectivity index (χ1v) is 10.8. The lowest BCUT2D eigenvalue weighted by Gasteiger charge is -2.18. The van der Waals surface area contributed by atoms with E-state index in [4.69, 9.17) is 9.47 Å². The Morgan fingerprint density at radius 3 is 2.40 bits per heavy atom. The maximum Gasteiger partial charge on any atom is 0.220 e. The highest BCUT2D eigenvalue weighted by Crippen LogP contribution is 2.31. The van der Waals surface area contributed by atoms with Gasteiger partial charge in [-0.15, -0.1) is 0 Å². The largest absolute Gasteiger partial charge is 0.508 e. The topological polar surface area (TPSA) is 67.8 Å². The number of carbonyl (C=O) groups is 1. The number of hydrogen-bond donors (Lipinski definition) is 2.